The van der Waals surface area contributed by atoms with Crippen LogP contribution in [-0.2, 0) is 21.7 Å². The molecule has 0 fully saturated rings. The predicted octanol–water partition coefficient (Wildman–Crippen LogP) is 31.3. The lowest BCUT2D eigenvalue weighted by molar-refractivity contribution is 0.596. The normalized spacial score (nSPS) is 12.9. The molecule has 0 atom stereocenters. The Kier molecular flexibility index (Phi) is 14.7. The van der Waals surface area contributed by atoms with Gasteiger partial charge in [0.25, 0.3) is 0 Å². The molecule has 0 saturated carbocycles. The van der Waals surface area contributed by atoms with Crippen LogP contribution in [-0.4, -0.2) is 0 Å². The van der Waals surface area contributed by atoms with E-state index in [0.29, 0.717) is 0 Å². The molecule has 0 aromatic heterocycles. The number of hydrogen-bond donors (Lipinski definition) is 0. The first-order valence-corrected chi connectivity index (χ1v) is 40.0. The van der Waals surface area contributed by atoms with Crippen molar-refractivity contribution < 1.29 is 0 Å². The maximum absolute atomic E-state index is 3.33. The van der Waals surface area contributed by atoms with E-state index in [1.807, 2.05) is 0 Å². The van der Waals surface area contributed by atoms with E-state index in [0.717, 1.165) is 5.22 Å². The van der Waals surface area contributed by atoms with Gasteiger partial charge in [-0.25, -0.2) is 0 Å². The molecule has 0 saturated heterocycles. The molecule has 22 aromatic rings. The number of hydrogen-bond acceptors (Lipinski definition) is 0. The fraction of sp³-hybridized carbons (Fsp3) is 0.143. The van der Waals surface area contributed by atoms with Gasteiger partial charge < -0.3 is 0 Å². The Bertz CT molecular complexity index is 7850. The van der Waals surface area contributed by atoms with Crippen LogP contribution in [0.15, 0.2) is 303 Å². The van der Waals surface area contributed by atoms with E-state index in [9.17, 15) is 0 Å². The molecule has 0 bridgehead atoms. The Labute approximate surface area is 653 Å². The minimum Gasteiger partial charge on any atom is -0.0689 e. The zero-order valence-corrected chi connectivity index (χ0v) is 65.9. The summed E-state index contributed by atoms with van der Waals surface area (Å²) in [5, 5.41) is 43.9. The van der Waals surface area contributed by atoms with Crippen LogP contribution in [0.4, 0.5) is 0 Å². The molecule has 0 aliphatic heterocycles. The average Bonchev–Trinajstić information content (AvgIpc) is 0.710. The zero-order chi connectivity index (χ0) is 76.2. The number of benzene rings is 22. The lowest BCUT2D eigenvalue weighted by atomic mass is 9.77. The van der Waals surface area contributed by atoms with E-state index >= 15 is 0 Å². The fourth-order valence-electron chi connectivity index (χ4n) is 20.2. The van der Waals surface area contributed by atoms with Gasteiger partial charge in [-0.15, -0.1) is 0 Å². The quantitative estimate of drug-likeness (QED) is 0.0940. The summed E-state index contributed by atoms with van der Waals surface area (Å²) >= 11 is 0. The molecular formula is C112H86. The molecule has 0 nitrogen and oxygen atoms in total. The minimum absolute atomic E-state index is 0.0315. The molecule has 112 heavy (non-hydrogen) atoms. The van der Waals surface area contributed by atoms with Crippen LogP contribution in [0.25, 0.3) is 218 Å². The Balaban J connectivity index is 0.000000106. The molecule has 534 valence electrons. The van der Waals surface area contributed by atoms with E-state index in [2.05, 4.69) is 398 Å². The van der Waals surface area contributed by atoms with Gasteiger partial charge in [-0.05, 0) is 268 Å². The van der Waals surface area contributed by atoms with Crippen LogP contribution in [0.3, 0.4) is 0 Å². The summed E-state index contributed by atoms with van der Waals surface area (Å²) in [4.78, 5) is 0. The molecular weight excluding hydrogens is 1350 g/mol. The molecule has 0 N–H and O–H groups in total. The highest BCUT2D eigenvalue weighted by molar-refractivity contribution is 6.32. The van der Waals surface area contributed by atoms with Crippen LogP contribution >= 0.6 is 0 Å². The first kappa shape index (κ1) is 67.5. The van der Waals surface area contributed by atoms with Gasteiger partial charge in [0.2, 0.25) is 0 Å². The molecule has 22 aromatic carbocycles. The Morgan fingerprint density at radius 2 is 0.509 bits per heavy atom. The highest BCUT2D eigenvalue weighted by atomic mass is 14.3. The van der Waals surface area contributed by atoms with Crippen molar-refractivity contribution in [1.82, 2.24) is 0 Å². The molecule has 0 spiro atoms. The Morgan fingerprint density at radius 3 is 0.964 bits per heavy atom. The summed E-state index contributed by atoms with van der Waals surface area (Å²) < 4.78 is 0. The van der Waals surface area contributed by atoms with E-state index in [4.69, 9.17) is 0 Å². The van der Waals surface area contributed by atoms with E-state index < -0.39 is 0 Å². The lowest BCUT2D eigenvalue weighted by Gasteiger charge is -2.27. The standard InChI is InChI=1S/C38H28.C38H34.C36H24/c1-38(2,3)35-21-16-25-14-19-31-30(18-13-24-15-20-32(35)37(25)36(24)31)34-22-33-26-9-5-4-8-23(26)12-17-29(33)27-10-6-7-11-28(27)34;1-37(2,3)32-22-18-24-15-19-27-28(20-16-23-17-21-31(32)34(24)33(23)27)35-25-11-7-9-13-29(25)36(38(4,5)6)30-14-10-8-12-26(30)35;1-36(2,3)31-20-14-25-12-18-29-27(16-10-24-13-19-30(31)35(25)34(24)29)26-15-9-23-8-7-21-5-4-6-22-11-17-28(26)33(23)32(21)22/h4-22H,1-3H3;7-22H,1-6H3;5,7-20H,1-3H3. The number of fused-ring (bicyclic) bond motifs is 7. The molecule has 0 unspecified atom stereocenters. The second kappa shape index (κ2) is 24.4. The van der Waals surface area contributed by atoms with E-state index in [-0.39, 0.29) is 21.7 Å². The Morgan fingerprint density at radius 1 is 0.196 bits per heavy atom. The molecule has 1 aliphatic rings. The highest BCUT2D eigenvalue weighted by Gasteiger charge is 2.28. The molecule has 0 heterocycles. The average molecular weight is 1430 g/mol. The maximum atomic E-state index is 3.33. The van der Waals surface area contributed by atoms with Crippen LogP contribution < -0.4 is 5.22 Å². The van der Waals surface area contributed by atoms with Crippen LogP contribution in [0, 0.1) is 0 Å². The predicted molar refractivity (Wildman–Crippen MR) is 491 cm³/mol. The third-order valence-corrected chi connectivity index (χ3v) is 25.1. The van der Waals surface area contributed by atoms with Gasteiger partial charge >= 0.3 is 0 Å². The van der Waals surface area contributed by atoms with Crippen LogP contribution in [0.1, 0.15) is 111 Å². The van der Waals surface area contributed by atoms with Gasteiger partial charge in [0, 0.05) is 10.6 Å². The topological polar surface area (TPSA) is 0 Å². The van der Waals surface area contributed by atoms with Gasteiger partial charge in [-0.1, -0.05) is 380 Å². The number of rotatable bonds is 3. The summed E-state index contributed by atoms with van der Waals surface area (Å²) in [5.74, 6) is 0. The molecule has 0 heteroatoms. The minimum atomic E-state index is 0.0315. The van der Waals surface area contributed by atoms with Crippen molar-refractivity contribution in [1.29, 1.82) is 0 Å². The van der Waals surface area contributed by atoms with Gasteiger partial charge in [0.05, 0.1) is 0 Å². The van der Waals surface area contributed by atoms with Crippen molar-refractivity contribution in [2.75, 3.05) is 0 Å². The van der Waals surface area contributed by atoms with E-state index in [1.165, 1.54) is 234 Å². The van der Waals surface area contributed by atoms with Gasteiger partial charge in [0.1, 0.15) is 0 Å². The third-order valence-electron chi connectivity index (χ3n) is 25.1. The SMILES string of the molecule is CC(C)(C)c1c2ccccc2c(-c2ccc3ccc4c(C(C)(C)C)ccc5ccc2c3c54)c2ccccc12.CC(C)(C)c1ccc2ccc3c(-c4cc5c6ccccc6ccc5c5ccccc45)ccc4ccc1c2c43.CC(C)(C)c1ccc2ccc3c(-c4ccc5ccc6c7c(ccc4c57)=C=C=C6)ccc4ccc1c2c43. The largest absolute Gasteiger partial charge is 0.0689 e. The monoisotopic (exact) mass is 1430 g/mol. The zero-order valence-electron chi connectivity index (χ0n) is 65.9. The first-order valence-electron chi connectivity index (χ1n) is 40.0. The fourth-order valence-corrected chi connectivity index (χ4v) is 20.2. The van der Waals surface area contributed by atoms with Crippen molar-refractivity contribution in [3.05, 3.63) is 336 Å². The summed E-state index contributed by atoms with van der Waals surface area (Å²) in [6.07, 6.45) is 2.05. The second-order valence-electron chi connectivity index (χ2n) is 36.0. The van der Waals surface area contributed by atoms with Crippen LogP contribution in [0.5, 0.6) is 0 Å². The van der Waals surface area contributed by atoms with Crippen molar-refractivity contribution in [3.63, 3.8) is 0 Å². The first-order chi connectivity index (χ1) is 54.1. The van der Waals surface area contributed by atoms with Crippen molar-refractivity contribution in [2.45, 2.75) is 105 Å². The van der Waals surface area contributed by atoms with Crippen LogP contribution in [0.2, 0.25) is 0 Å². The van der Waals surface area contributed by atoms with Gasteiger partial charge in [-0.3, -0.25) is 0 Å². The second-order valence-corrected chi connectivity index (χ2v) is 36.0. The molecule has 0 amide bonds. The molecule has 23 rings (SSSR count). The smallest absolute Gasteiger partial charge is 0.0334 e. The Hall–Kier alpha value is -12.7. The lowest BCUT2D eigenvalue weighted by Crippen LogP contribution is -2.13. The highest BCUT2D eigenvalue weighted by Crippen LogP contribution is 2.52. The van der Waals surface area contributed by atoms with E-state index in [1.54, 1.807) is 0 Å². The van der Waals surface area contributed by atoms with Crippen molar-refractivity contribution in [3.8, 4) is 33.4 Å². The van der Waals surface area contributed by atoms with Gasteiger partial charge in [-0.2, -0.15) is 0 Å². The maximum Gasteiger partial charge on any atom is 0.0334 e. The van der Waals surface area contributed by atoms with Gasteiger partial charge in [0.15, 0.2) is 0 Å². The third kappa shape index (κ3) is 10.2. The summed E-state index contributed by atoms with van der Waals surface area (Å²) in [7, 11) is 0. The summed E-state index contributed by atoms with van der Waals surface area (Å²) in [6, 6.07) is 112. The molecule has 1 aliphatic carbocycles. The summed E-state index contributed by atoms with van der Waals surface area (Å²) in [5.41, 5.74) is 21.6. The van der Waals surface area contributed by atoms with Crippen molar-refractivity contribution >= 4 is 184 Å². The van der Waals surface area contributed by atoms with Crippen molar-refractivity contribution in [2.24, 2.45) is 0 Å². The summed E-state index contributed by atoms with van der Waals surface area (Å²) in [6.45, 7) is 27.8. The molecule has 0 radical (unpaired) electrons.